The molecule has 0 spiro atoms. The molecule has 146 valence electrons. The number of alkyl halides is 3. The van der Waals surface area contributed by atoms with Crippen LogP contribution in [0, 0.1) is 5.82 Å². The van der Waals surface area contributed by atoms with E-state index in [1.165, 1.54) is 6.07 Å². The molecule has 0 unspecified atom stereocenters. The van der Waals surface area contributed by atoms with E-state index < -0.39 is 53.7 Å². The third-order valence-corrected chi connectivity index (χ3v) is 5.18. The summed E-state index contributed by atoms with van der Waals surface area (Å²) in [6.45, 7) is 0. The molecular formula is C15H12F4N2O4S2. The minimum atomic E-state index is -4.71. The van der Waals surface area contributed by atoms with E-state index in [1.54, 1.807) is 4.72 Å². The van der Waals surface area contributed by atoms with Gasteiger partial charge in [-0.05, 0) is 29.8 Å². The molecule has 0 saturated heterocycles. The second kappa shape index (κ2) is 7.29. The van der Waals surface area contributed by atoms with Crippen molar-refractivity contribution in [2.24, 2.45) is 5.14 Å². The lowest BCUT2D eigenvalue weighted by Gasteiger charge is -2.11. The number of hydrogen-bond acceptors (Lipinski definition) is 4. The van der Waals surface area contributed by atoms with Crippen molar-refractivity contribution in [3.8, 4) is 0 Å². The van der Waals surface area contributed by atoms with Crippen molar-refractivity contribution in [1.29, 1.82) is 0 Å². The van der Waals surface area contributed by atoms with Crippen LogP contribution in [0.15, 0.2) is 52.8 Å². The van der Waals surface area contributed by atoms with Gasteiger partial charge in [-0.1, -0.05) is 24.3 Å². The predicted octanol–water partition coefficient (Wildman–Crippen LogP) is 2.90. The highest BCUT2D eigenvalue weighted by Crippen LogP contribution is 2.32. The molecule has 0 aliphatic rings. The van der Waals surface area contributed by atoms with Gasteiger partial charge in [-0.15, -0.1) is 0 Å². The van der Waals surface area contributed by atoms with Crippen molar-refractivity contribution in [3.63, 3.8) is 0 Å². The molecule has 2 rings (SSSR count). The first-order valence-electron chi connectivity index (χ1n) is 7.00. The number of nitrogens with two attached hydrogens (primary N) is 1. The zero-order valence-corrected chi connectivity index (χ0v) is 14.9. The van der Waals surface area contributed by atoms with Gasteiger partial charge in [-0.2, -0.15) is 13.2 Å². The number of benzene rings is 2. The maximum atomic E-state index is 13.7. The van der Waals surface area contributed by atoms with Crippen molar-refractivity contribution >= 4 is 31.8 Å². The van der Waals surface area contributed by atoms with Crippen LogP contribution in [0.25, 0.3) is 6.08 Å². The minimum absolute atomic E-state index is 0.398. The van der Waals surface area contributed by atoms with Crippen LogP contribution >= 0.6 is 0 Å². The molecule has 0 heterocycles. The highest BCUT2D eigenvalue weighted by molar-refractivity contribution is 7.95. The van der Waals surface area contributed by atoms with Crippen molar-refractivity contribution in [3.05, 3.63) is 64.8 Å². The van der Waals surface area contributed by atoms with Crippen molar-refractivity contribution < 1.29 is 34.4 Å². The topological polar surface area (TPSA) is 106 Å². The molecule has 12 heteroatoms. The maximum Gasteiger partial charge on any atom is 0.416 e. The molecule has 0 bridgehead atoms. The number of rotatable bonds is 5. The predicted molar refractivity (Wildman–Crippen MR) is 90.8 cm³/mol. The number of primary sulfonamides is 1. The zero-order valence-electron chi connectivity index (χ0n) is 13.2. The number of sulfonamides is 2. The van der Waals surface area contributed by atoms with Gasteiger partial charge in [-0.3, -0.25) is 4.72 Å². The Morgan fingerprint density at radius 3 is 2.19 bits per heavy atom. The number of hydrogen-bond donors (Lipinski definition) is 2. The van der Waals surface area contributed by atoms with Crippen LogP contribution < -0.4 is 9.86 Å². The van der Waals surface area contributed by atoms with Crippen LogP contribution in [0.4, 0.5) is 23.2 Å². The van der Waals surface area contributed by atoms with Crippen molar-refractivity contribution in [2.45, 2.75) is 11.1 Å². The third-order valence-electron chi connectivity index (χ3n) is 3.20. The lowest BCUT2D eigenvalue weighted by Crippen LogP contribution is -2.19. The van der Waals surface area contributed by atoms with Gasteiger partial charge in [0.2, 0.25) is 10.0 Å². The first-order valence-corrected chi connectivity index (χ1v) is 10.1. The highest BCUT2D eigenvalue weighted by atomic mass is 32.2. The first-order chi connectivity index (χ1) is 12.3. The Hall–Kier alpha value is -2.44. The largest absolute Gasteiger partial charge is 0.416 e. The van der Waals surface area contributed by atoms with Crippen LogP contribution in [0.5, 0.6) is 0 Å². The molecule has 0 aliphatic heterocycles. The summed E-state index contributed by atoms with van der Waals surface area (Å²) < 4.78 is 101. The number of halogens is 4. The van der Waals surface area contributed by atoms with Crippen molar-refractivity contribution in [1.82, 2.24) is 0 Å². The zero-order chi connectivity index (χ0) is 20.5. The number of anilines is 1. The molecule has 0 radical (unpaired) electrons. The second-order valence-electron chi connectivity index (χ2n) is 5.20. The van der Waals surface area contributed by atoms with E-state index in [0.29, 0.717) is 11.5 Å². The van der Waals surface area contributed by atoms with E-state index in [0.717, 1.165) is 36.4 Å². The molecule has 0 atom stereocenters. The van der Waals surface area contributed by atoms with Crippen LogP contribution in [0.3, 0.4) is 0 Å². The lowest BCUT2D eigenvalue weighted by molar-refractivity contribution is -0.137. The summed E-state index contributed by atoms with van der Waals surface area (Å²) in [6.07, 6.45) is -4.03. The summed E-state index contributed by atoms with van der Waals surface area (Å²) in [5.74, 6) is -1.29. The molecule has 0 saturated carbocycles. The van der Waals surface area contributed by atoms with E-state index >= 15 is 0 Å². The fraction of sp³-hybridized carbons (Fsp3) is 0.0667. The lowest BCUT2D eigenvalue weighted by atomic mass is 10.1. The second-order valence-corrected chi connectivity index (χ2v) is 8.26. The normalized spacial score (nSPS) is 13.1. The SMILES string of the molecule is NS(=O)(=O)c1c(F)cccc1NS(=O)(=O)C=Cc1ccccc1C(F)(F)F. The minimum Gasteiger partial charge on any atom is -0.279 e. The smallest absolute Gasteiger partial charge is 0.279 e. The van der Waals surface area contributed by atoms with Gasteiger partial charge in [0, 0.05) is 0 Å². The number of nitrogens with one attached hydrogen (secondary N) is 1. The van der Waals surface area contributed by atoms with Crippen molar-refractivity contribution in [2.75, 3.05) is 4.72 Å². The third kappa shape index (κ3) is 5.28. The van der Waals surface area contributed by atoms with E-state index in [-0.39, 0.29) is 0 Å². The van der Waals surface area contributed by atoms with Gasteiger partial charge in [0.15, 0.2) is 0 Å². The Morgan fingerprint density at radius 2 is 1.59 bits per heavy atom. The summed E-state index contributed by atoms with van der Waals surface area (Å²) in [4.78, 5) is -1.09. The Bertz CT molecular complexity index is 1100. The van der Waals surface area contributed by atoms with Gasteiger partial charge in [0.05, 0.1) is 16.7 Å². The molecular weight excluding hydrogens is 412 g/mol. The Balaban J connectivity index is 2.41. The van der Waals surface area contributed by atoms with Crippen LogP contribution in [0.1, 0.15) is 11.1 Å². The molecule has 3 N–H and O–H groups in total. The molecule has 0 aromatic heterocycles. The van der Waals surface area contributed by atoms with Gasteiger partial charge < -0.3 is 0 Å². The summed E-state index contributed by atoms with van der Waals surface area (Å²) in [6, 6.07) is 6.96. The molecule has 2 aromatic rings. The molecule has 2 aromatic carbocycles. The first kappa shape index (κ1) is 20.9. The van der Waals surface area contributed by atoms with Gasteiger partial charge >= 0.3 is 6.18 Å². The van der Waals surface area contributed by atoms with E-state index in [2.05, 4.69) is 0 Å². The highest BCUT2D eigenvalue weighted by Gasteiger charge is 2.32. The summed E-state index contributed by atoms with van der Waals surface area (Å²) in [7, 11) is -9.08. The Morgan fingerprint density at radius 1 is 0.963 bits per heavy atom. The van der Waals surface area contributed by atoms with Gasteiger partial charge in [-0.25, -0.2) is 26.4 Å². The maximum absolute atomic E-state index is 13.7. The molecule has 0 amide bonds. The van der Waals surface area contributed by atoms with Gasteiger partial charge in [0.25, 0.3) is 10.0 Å². The summed E-state index contributed by atoms with van der Waals surface area (Å²) >= 11 is 0. The molecule has 27 heavy (non-hydrogen) atoms. The van der Waals surface area contributed by atoms with Crippen LogP contribution in [0.2, 0.25) is 0 Å². The fourth-order valence-corrected chi connectivity index (χ4v) is 3.83. The van der Waals surface area contributed by atoms with Gasteiger partial charge in [0.1, 0.15) is 10.7 Å². The Labute approximate surface area is 152 Å². The standard InChI is InChI=1S/C15H12F4N2O4S2/c16-12-6-3-7-13(14(12)27(20,24)25)21-26(22,23)9-8-10-4-1-2-5-11(10)15(17,18)19/h1-9,21H,(H2,20,24,25). The molecule has 0 fully saturated rings. The van der Waals surface area contributed by atoms with Crippen LogP contribution in [-0.4, -0.2) is 16.8 Å². The monoisotopic (exact) mass is 424 g/mol. The van der Waals surface area contributed by atoms with E-state index in [1.807, 2.05) is 0 Å². The molecule has 6 nitrogen and oxygen atoms in total. The average molecular weight is 424 g/mol. The van der Waals surface area contributed by atoms with E-state index in [9.17, 15) is 34.4 Å². The summed E-state index contributed by atoms with van der Waals surface area (Å²) in [5.41, 5.74) is -2.17. The van der Waals surface area contributed by atoms with E-state index in [4.69, 9.17) is 5.14 Å². The summed E-state index contributed by atoms with van der Waals surface area (Å²) in [5, 5.41) is 5.26. The van der Waals surface area contributed by atoms with Crippen LogP contribution in [-0.2, 0) is 26.2 Å². The Kier molecular flexibility index (Phi) is 5.63. The molecule has 0 aliphatic carbocycles. The quantitative estimate of drug-likeness (QED) is 0.720. The average Bonchev–Trinajstić information content (AvgIpc) is 2.51. The fourth-order valence-electron chi connectivity index (χ4n) is 2.13.